The first kappa shape index (κ1) is 13.7. The average molecular weight is 276 g/mol. The smallest absolute Gasteiger partial charge is 0.259 e. The number of nitrogen functional groups attached to an aromatic ring is 1. The van der Waals surface area contributed by atoms with Crippen LogP contribution in [0.3, 0.4) is 0 Å². The highest BCUT2D eigenvalue weighted by Crippen LogP contribution is 2.25. The number of ether oxygens (including phenoxy) is 1. The van der Waals surface area contributed by atoms with Crippen LogP contribution in [0.1, 0.15) is 10.4 Å². The van der Waals surface area contributed by atoms with Crippen LogP contribution in [0.2, 0.25) is 0 Å². The van der Waals surface area contributed by atoms with Gasteiger partial charge in [0, 0.05) is 6.07 Å². The summed E-state index contributed by atoms with van der Waals surface area (Å²) >= 11 is 0. The molecule has 0 aliphatic carbocycles. The van der Waals surface area contributed by atoms with E-state index in [1.165, 1.54) is 31.4 Å². The minimum atomic E-state index is -0.552. The van der Waals surface area contributed by atoms with E-state index in [4.69, 9.17) is 10.5 Å². The quantitative estimate of drug-likeness (QED) is 0.751. The maximum atomic E-state index is 12.9. The average Bonchev–Trinajstić information content (AvgIpc) is 2.41. The first-order valence-corrected chi connectivity index (χ1v) is 5.74. The Balaban J connectivity index is 2.24. The highest BCUT2D eigenvalue weighted by atomic mass is 19.1. The fourth-order valence-electron chi connectivity index (χ4n) is 1.67. The maximum absolute atomic E-state index is 12.9. The molecule has 6 heteroatoms. The Morgan fingerprint density at radius 3 is 2.65 bits per heavy atom. The van der Waals surface area contributed by atoms with Crippen molar-refractivity contribution in [1.82, 2.24) is 0 Å². The molecule has 0 aromatic heterocycles. The molecule has 104 valence electrons. The van der Waals surface area contributed by atoms with E-state index in [0.717, 1.165) is 6.07 Å². The molecule has 5 nitrogen and oxygen atoms in total. The van der Waals surface area contributed by atoms with Gasteiger partial charge in [-0.15, -0.1) is 0 Å². The molecule has 0 saturated carbocycles. The molecule has 0 radical (unpaired) electrons. The predicted octanol–water partition coefficient (Wildman–Crippen LogP) is 2.37. The minimum Gasteiger partial charge on any atom is -0.507 e. The van der Waals surface area contributed by atoms with Gasteiger partial charge in [0.25, 0.3) is 5.91 Å². The van der Waals surface area contributed by atoms with Gasteiger partial charge in [0.1, 0.15) is 17.3 Å². The van der Waals surface area contributed by atoms with Crippen LogP contribution < -0.4 is 15.8 Å². The van der Waals surface area contributed by atoms with Crippen LogP contribution >= 0.6 is 0 Å². The molecule has 0 heterocycles. The molecule has 0 aliphatic rings. The number of hydrogen-bond donors (Lipinski definition) is 3. The topological polar surface area (TPSA) is 84.6 Å². The van der Waals surface area contributed by atoms with Gasteiger partial charge in [-0.2, -0.15) is 0 Å². The number of phenolic OH excluding ortho intramolecular Hbond substituents is 1. The summed E-state index contributed by atoms with van der Waals surface area (Å²) in [6, 6.07) is 7.92. The van der Waals surface area contributed by atoms with Crippen LogP contribution in [0.4, 0.5) is 15.8 Å². The van der Waals surface area contributed by atoms with Crippen molar-refractivity contribution in [3.05, 3.63) is 47.8 Å². The summed E-state index contributed by atoms with van der Waals surface area (Å²) in [5.41, 5.74) is 6.03. The molecule has 0 bridgehead atoms. The summed E-state index contributed by atoms with van der Waals surface area (Å²) in [5.74, 6) is -0.834. The van der Waals surface area contributed by atoms with E-state index in [9.17, 15) is 14.3 Å². The Morgan fingerprint density at radius 1 is 1.30 bits per heavy atom. The molecule has 0 saturated heterocycles. The summed E-state index contributed by atoms with van der Waals surface area (Å²) < 4.78 is 17.8. The lowest BCUT2D eigenvalue weighted by atomic mass is 10.1. The van der Waals surface area contributed by atoms with E-state index in [-0.39, 0.29) is 22.7 Å². The highest BCUT2D eigenvalue weighted by molar-refractivity contribution is 6.07. The Bertz CT molecular complexity index is 659. The van der Waals surface area contributed by atoms with E-state index in [0.29, 0.717) is 5.75 Å². The molecule has 1 amide bonds. The van der Waals surface area contributed by atoms with Crippen LogP contribution in [-0.4, -0.2) is 18.1 Å². The van der Waals surface area contributed by atoms with Gasteiger partial charge in [-0.1, -0.05) is 0 Å². The number of anilines is 2. The highest BCUT2D eigenvalue weighted by Gasteiger charge is 2.13. The molecule has 0 fully saturated rings. The number of carbonyl (C=O) groups excluding carboxylic acids is 1. The number of hydrogen-bond acceptors (Lipinski definition) is 4. The summed E-state index contributed by atoms with van der Waals surface area (Å²) in [7, 11) is 1.45. The molecule has 4 N–H and O–H groups in total. The van der Waals surface area contributed by atoms with Crippen LogP contribution in [0, 0.1) is 5.82 Å². The van der Waals surface area contributed by atoms with Gasteiger partial charge in [-0.25, -0.2) is 4.39 Å². The number of aromatic hydroxyl groups is 1. The van der Waals surface area contributed by atoms with Crippen LogP contribution in [0.25, 0.3) is 0 Å². The fourth-order valence-corrected chi connectivity index (χ4v) is 1.67. The number of methoxy groups -OCH3 is 1. The Labute approximate surface area is 114 Å². The molecule has 0 atom stereocenters. The first-order chi connectivity index (χ1) is 9.51. The molecule has 2 aromatic carbocycles. The number of carbonyl (C=O) groups is 1. The molecule has 0 spiro atoms. The van der Waals surface area contributed by atoms with E-state index >= 15 is 0 Å². The zero-order chi connectivity index (χ0) is 14.7. The zero-order valence-electron chi connectivity index (χ0n) is 10.7. The molecule has 2 aromatic rings. The largest absolute Gasteiger partial charge is 0.507 e. The van der Waals surface area contributed by atoms with Gasteiger partial charge in [-0.05, 0) is 30.3 Å². The molecular formula is C14H13FN2O3. The van der Waals surface area contributed by atoms with Crippen molar-refractivity contribution in [3.8, 4) is 11.5 Å². The second-order valence-electron chi connectivity index (χ2n) is 4.07. The molecule has 0 unspecified atom stereocenters. The van der Waals surface area contributed by atoms with Gasteiger partial charge < -0.3 is 20.9 Å². The van der Waals surface area contributed by atoms with Gasteiger partial charge in [-0.3, -0.25) is 4.79 Å². The standard InChI is InChI=1S/C14H13FN2O3/c1-20-9-3-4-10(13(18)7-9)14(19)17-12-5-2-8(15)6-11(12)16/h2-7,18H,16H2,1H3,(H,17,19). The molecule has 0 aliphatic heterocycles. The maximum Gasteiger partial charge on any atom is 0.259 e. The van der Waals surface area contributed by atoms with E-state index in [2.05, 4.69) is 5.32 Å². The van der Waals surface area contributed by atoms with E-state index < -0.39 is 11.7 Å². The van der Waals surface area contributed by atoms with Crippen LogP contribution in [0.5, 0.6) is 11.5 Å². The lowest BCUT2D eigenvalue weighted by Crippen LogP contribution is -2.13. The molecular weight excluding hydrogens is 263 g/mol. The fraction of sp³-hybridized carbons (Fsp3) is 0.0714. The Morgan fingerprint density at radius 2 is 2.05 bits per heavy atom. The number of nitrogens with two attached hydrogens (primary N) is 1. The van der Waals surface area contributed by atoms with Gasteiger partial charge in [0.15, 0.2) is 0 Å². The van der Waals surface area contributed by atoms with Crippen LogP contribution in [-0.2, 0) is 0 Å². The number of phenols is 1. The summed E-state index contributed by atoms with van der Waals surface area (Å²) in [4.78, 5) is 12.0. The Hall–Kier alpha value is -2.76. The van der Waals surface area contributed by atoms with E-state index in [1.807, 2.05) is 0 Å². The van der Waals surface area contributed by atoms with Crippen molar-refractivity contribution in [3.63, 3.8) is 0 Å². The second-order valence-corrected chi connectivity index (χ2v) is 4.07. The van der Waals surface area contributed by atoms with E-state index in [1.54, 1.807) is 6.07 Å². The predicted molar refractivity (Wildman–Crippen MR) is 73.4 cm³/mol. The summed E-state index contributed by atoms with van der Waals surface area (Å²) in [5, 5.41) is 12.3. The van der Waals surface area contributed by atoms with Crippen molar-refractivity contribution in [1.29, 1.82) is 0 Å². The zero-order valence-corrected chi connectivity index (χ0v) is 10.7. The number of amides is 1. The summed E-state index contributed by atoms with van der Waals surface area (Å²) in [6.07, 6.45) is 0. The number of rotatable bonds is 3. The lowest BCUT2D eigenvalue weighted by Gasteiger charge is -2.10. The van der Waals surface area contributed by atoms with Crippen molar-refractivity contribution < 1.29 is 19.0 Å². The van der Waals surface area contributed by atoms with Crippen LogP contribution in [0.15, 0.2) is 36.4 Å². The third-order valence-corrected chi connectivity index (χ3v) is 2.71. The minimum absolute atomic E-state index is 0.0644. The van der Waals surface area contributed by atoms with Crippen molar-refractivity contribution >= 4 is 17.3 Å². The van der Waals surface area contributed by atoms with Gasteiger partial charge in [0.2, 0.25) is 0 Å². The second kappa shape index (κ2) is 5.48. The summed E-state index contributed by atoms with van der Waals surface area (Å²) in [6.45, 7) is 0. The Kier molecular flexibility index (Phi) is 3.74. The third-order valence-electron chi connectivity index (χ3n) is 2.71. The number of nitrogens with one attached hydrogen (secondary N) is 1. The van der Waals surface area contributed by atoms with Crippen molar-refractivity contribution in [2.45, 2.75) is 0 Å². The monoisotopic (exact) mass is 276 g/mol. The van der Waals surface area contributed by atoms with Crippen molar-refractivity contribution in [2.75, 3.05) is 18.2 Å². The van der Waals surface area contributed by atoms with Gasteiger partial charge in [0.05, 0.1) is 24.0 Å². The number of halogens is 1. The number of benzene rings is 2. The SMILES string of the molecule is COc1ccc(C(=O)Nc2ccc(F)cc2N)c(O)c1. The molecule has 20 heavy (non-hydrogen) atoms. The first-order valence-electron chi connectivity index (χ1n) is 5.74. The molecule has 2 rings (SSSR count). The lowest BCUT2D eigenvalue weighted by molar-refractivity contribution is 0.102. The third kappa shape index (κ3) is 2.80. The normalized spacial score (nSPS) is 10.1. The van der Waals surface area contributed by atoms with Gasteiger partial charge >= 0.3 is 0 Å². The van der Waals surface area contributed by atoms with Crippen molar-refractivity contribution in [2.24, 2.45) is 0 Å².